The first-order chi connectivity index (χ1) is 11.0. The Labute approximate surface area is 146 Å². The smallest absolute Gasteiger partial charge is 0.307 e. The van der Waals surface area contributed by atoms with Crippen LogP contribution in [0.3, 0.4) is 0 Å². The van der Waals surface area contributed by atoms with E-state index < -0.39 is 5.97 Å². The monoisotopic (exact) mass is 397 g/mol. The maximum Gasteiger partial charge on any atom is 0.307 e. The molecule has 3 rings (SSSR count). The lowest BCUT2D eigenvalue weighted by Gasteiger charge is -2.37. The zero-order chi connectivity index (χ0) is 16.4. The number of hydrogen-bond acceptors (Lipinski definition) is 3. The Kier molecular flexibility index (Phi) is 5.14. The van der Waals surface area contributed by atoms with Gasteiger partial charge in [-0.15, -0.1) is 11.3 Å². The van der Waals surface area contributed by atoms with Crippen molar-refractivity contribution < 1.29 is 14.3 Å². The molecular weight excluding hydrogens is 381 g/mol. The molecule has 0 aliphatic carbocycles. The molecule has 122 valence electrons. The van der Waals surface area contributed by atoms with Crippen molar-refractivity contribution in [2.45, 2.75) is 18.9 Å². The van der Waals surface area contributed by atoms with Crippen LogP contribution in [0.15, 0.2) is 40.2 Å². The summed E-state index contributed by atoms with van der Waals surface area (Å²) >= 11 is 5.08. The molecule has 6 heteroatoms. The summed E-state index contributed by atoms with van der Waals surface area (Å²) in [5.74, 6) is -1.38. The van der Waals surface area contributed by atoms with Gasteiger partial charge in [0.15, 0.2) is 0 Å². The van der Waals surface area contributed by atoms with Gasteiger partial charge in [0, 0.05) is 11.4 Å². The van der Waals surface area contributed by atoms with E-state index in [0.717, 1.165) is 27.2 Å². The van der Waals surface area contributed by atoms with Gasteiger partial charge < -0.3 is 5.11 Å². The number of nitrogens with zero attached hydrogens (tertiary/aromatic N) is 1. The lowest BCUT2D eigenvalue weighted by Crippen LogP contribution is -2.41. The van der Waals surface area contributed by atoms with Gasteiger partial charge in [-0.25, -0.2) is 4.39 Å². The summed E-state index contributed by atoms with van der Waals surface area (Å²) < 4.78 is 14.7. The number of carboxylic acid groups (broad SMARTS) is 1. The Morgan fingerprint density at radius 2 is 2.22 bits per heavy atom. The molecular formula is C17H17BrFNO2S. The van der Waals surface area contributed by atoms with Crippen LogP contribution < -0.4 is 0 Å². The largest absolute Gasteiger partial charge is 0.481 e. The predicted molar refractivity (Wildman–Crippen MR) is 92.2 cm³/mol. The number of halogens is 2. The maximum absolute atomic E-state index is 13.7. The van der Waals surface area contributed by atoms with Crippen molar-refractivity contribution in [2.24, 2.45) is 5.92 Å². The van der Waals surface area contributed by atoms with Crippen LogP contribution in [0, 0.1) is 11.7 Å². The molecule has 1 aromatic carbocycles. The minimum Gasteiger partial charge on any atom is -0.481 e. The molecule has 2 atom stereocenters. The minimum absolute atomic E-state index is 0.107. The highest BCUT2D eigenvalue weighted by atomic mass is 79.9. The van der Waals surface area contributed by atoms with Gasteiger partial charge in [-0.1, -0.05) is 12.1 Å². The molecule has 0 saturated carbocycles. The van der Waals surface area contributed by atoms with Gasteiger partial charge in [0.1, 0.15) is 5.82 Å². The average molecular weight is 398 g/mol. The highest BCUT2D eigenvalue weighted by Gasteiger charge is 2.32. The Morgan fingerprint density at radius 3 is 2.87 bits per heavy atom. The Morgan fingerprint density at radius 1 is 1.39 bits per heavy atom. The summed E-state index contributed by atoms with van der Waals surface area (Å²) in [6, 6.07) is 10.5. The van der Waals surface area contributed by atoms with Gasteiger partial charge in [0.25, 0.3) is 0 Å². The summed E-state index contributed by atoms with van der Waals surface area (Å²) in [5, 5.41) is 9.34. The molecule has 1 saturated heterocycles. The maximum atomic E-state index is 13.7. The number of likely N-dealkylation sites (tertiary alicyclic amines) is 1. The number of benzene rings is 1. The highest BCUT2D eigenvalue weighted by Crippen LogP contribution is 2.37. The van der Waals surface area contributed by atoms with Crippen molar-refractivity contribution in [1.82, 2.24) is 4.90 Å². The van der Waals surface area contributed by atoms with Gasteiger partial charge in [0.05, 0.1) is 15.7 Å². The fraction of sp³-hybridized carbons (Fsp3) is 0.353. The van der Waals surface area contributed by atoms with Crippen LogP contribution in [0.4, 0.5) is 4.39 Å². The van der Waals surface area contributed by atoms with Gasteiger partial charge in [-0.2, -0.15) is 0 Å². The SMILES string of the molecule is O=C(O)C1CCCN(C(c2cccc(F)c2)c2ccc(Br)s2)C1. The van der Waals surface area contributed by atoms with E-state index in [1.807, 2.05) is 18.2 Å². The number of carbonyl (C=O) groups is 1. The van der Waals surface area contributed by atoms with Gasteiger partial charge in [-0.3, -0.25) is 9.69 Å². The normalized spacial score (nSPS) is 20.3. The topological polar surface area (TPSA) is 40.5 Å². The van der Waals surface area contributed by atoms with E-state index >= 15 is 0 Å². The third-order valence-electron chi connectivity index (χ3n) is 4.20. The standard InChI is InChI=1S/C17H17BrFNO2S/c18-15-7-6-14(23-15)16(11-3-1-5-13(19)9-11)20-8-2-4-12(10-20)17(21)22/h1,3,5-7,9,12,16H,2,4,8,10H2,(H,21,22). The van der Waals surface area contributed by atoms with Crippen LogP contribution in [0.2, 0.25) is 0 Å². The van der Waals surface area contributed by atoms with Gasteiger partial charge in [-0.05, 0) is 65.1 Å². The molecule has 1 aliphatic rings. The zero-order valence-corrected chi connectivity index (χ0v) is 14.8. The van der Waals surface area contributed by atoms with Crippen molar-refractivity contribution in [2.75, 3.05) is 13.1 Å². The number of piperidine rings is 1. The quantitative estimate of drug-likeness (QED) is 0.823. The van der Waals surface area contributed by atoms with Crippen LogP contribution in [-0.4, -0.2) is 29.1 Å². The summed E-state index contributed by atoms with van der Waals surface area (Å²) in [6.07, 6.45) is 1.55. The van der Waals surface area contributed by atoms with E-state index in [-0.39, 0.29) is 17.8 Å². The van der Waals surface area contributed by atoms with Crippen molar-refractivity contribution in [3.8, 4) is 0 Å². The van der Waals surface area contributed by atoms with Crippen molar-refractivity contribution >= 4 is 33.2 Å². The fourth-order valence-electron chi connectivity index (χ4n) is 3.15. The van der Waals surface area contributed by atoms with E-state index in [4.69, 9.17) is 0 Å². The van der Waals surface area contributed by atoms with Crippen LogP contribution in [0.5, 0.6) is 0 Å². The third kappa shape index (κ3) is 3.82. The lowest BCUT2D eigenvalue weighted by atomic mass is 9.94. The number of thiophene rings is 1. The molecule has 0 spiro atoms. The Hall–Kier alpha value is -1.24. The third-order valence-corrected chi connectivity index (χ3v) is 5.87. The zero-order valence-electron chi connectivity index (χ0n) is 12.4. The fourth-order valence-corrected chi connectivity index (χ4v) is 4.74. The van der Waals surface area contributed by atoms with Crippen molar-refractivity contribution in [1.29, 1.82) is 0 Å². The highest BCUT2D eigenvalue weighted by molar-refractivity contribution is 9.11. The van der Waals surface area contributed by atoms with E-state index in [0.29, 0.717) is 13.0 Å². The number of carboxylic acids is 1. The van der Waals surface area contributed by atoms with Crippen molar-refractivity contribution in [3.63, 3.8) is 0 Å². The van der Waals surface area contributed by atoms with Crippen LogP contribution in [0.1, 0.15) is 29.3 Å². The molecule has 1 aliphatic heterocycles. The first-order valence-electron chi connectivity index (χ1n) is 7.52. The summed E-state index contributed by atoms with van der Waals surface area (Å²) in [5.41, 5.74) is 0.866. The number of hydrogen-bond donors (Lipinski definition) is 1. The van der Waals surface area contributed by atoms with E-state index in [1.165, 1.54) is 6.07 Å². The van der Waals surface area contributed by atoms with Crippen LogP contribution in [-0.2, 0) is 4.79 Å². The van der Waals surface area contributed by atoms with E-state index in [1.54, 1.807) is 23.5 Å². The molecule has 3 nitrogen and oxygen atoms in total. The van der Waals surface area contributed by atoms with E-state index in [9.17, 15) is 14.3 Å². The minimum atomic E-state index is -0.750. The Balaban J connectivity index is 1.96. The first-order valence-corrected chi connectivity index (χ1v) is 9.13. The second-order valence-electron chi connectivity index (χ2n) is 5.77. The molecule has 0 amide bonds. The molecule has 1 aromatic heterocycles. The summed E-state index contributed by atoms with van der Waals surface area (Å²) in [6.45, 7) is 1.31. The second kappa shape index (κ2) is 7.11. The Bertz CT molecular complexity index is 705. The lowest BCUT2D eigenvalue weighted by molar-refractivity contribution is -0.143. The van der Waals surface area contributed by atoms with Gasteiger partial charge >= 0.3 is 5.97 Å². The molecule has 2 heterocycles. The molecule has 2 aromatic rings. The molecule has 1 fully saturated rings. The summed E-state index contributed by atoms with van der Waals surface area (Å²) in [4.78, 5) is 14.6. The second-order valence-corrected chi connectivity index (χ2v) is 8.27. The van der Waals surface area contributed by atoms with Gasteiger partial charge in [0.2, 0.25) is 0 Å². The van der Waals surface area contributed by atoms with Crippen LogP contribution in [0.25, 0.3) is 0 Å². The average Bonchev–Trinajstić information content (AvgIpc) is 2.94. The molecule has 1 N–H and O–H groups in total. The molecule has 23 heavy (non-hydrogen) atoms. The number of rotatable bonds is 4. The van der Waals surface area contributed by atoms with Crippen molar-refractivity contribution in [3.05, 3.63) is 56.4 Å². The summed E-state index contributed by atoms with van der Waals surface area (Å²) in [7, 11) is 0. The molecule has 0 bridgehead atoms. The molecule has 2 unspecified atom stereocenters. The first kappa shape index (κ1) is 16.6. The van der Waals surface area contributed by atoms with E-state index in [2.05, 4.69) is 20.8 Å². The molecule has 0 radical (unpaired) electrons. The van der Waals surface area contributed by atoms with Crippen LogP contribution >= 0.6 is 27.3 Å². The number of aliphatic carboxylic acids is 1. The predicted octanol–water partition coefficient (Wildman–Crippen LogP) is 4.54.